The Morgan fingerprint density at radius 3 is 2.60 bits per heavy atom. The molecule has 0 aliphatic carbocycles. The van der Waals surface area contributed by atoms with E-state index in [-0.39, 0.29) is 30.3 Å². The van der Waals surface area contributed by atoms with Gasteiger partial charge in [0.15, 0.2) is 0 Å². The summed E-state index contributed by atoms with van der Waals surface area (Å²) in [6, 6.07) is 0. The summed E-state index contributed by atoms with van der Waals surface area (Å²) in [7, 11) is 0. The van der Waals surface area contributed by atoms with Gasteiger partial charge in [-0.05, 0) is 56.5 Å². The highest BCUT2D eigenvalue weighted by molar-refractivity contribution is 5.85. The second kappa shape index (κ2) is 10.4. The van der Waals surface area contributed by atoms with Crippen molar-refractivity contribution in [1.29, 1.82) is 0 Å². The largest absolute Gasteiger partial charge is 0.396 e. The number of hydrogen-bond acceptors (Lipinski definition) is 3. The Morgan fingerprint density at radius 1 is 1.40 bits per heavy atom. The molecule has 0 saturated carbocycles. The van der Waals surface area contributed by atoms with E-state index >= 15 is 0 Å². The van der Waals surface area contributed by atoms with Crippen molar-refractivity contribution in [2.75, 3.05) is 26.2 Å². The van der Waals surface area contributed by atoms with Gasteiger partial charge < -0.3 is 15.7 Å². The molecule has 5 heteroatoms. The summed E-state index contributed by atoms with van der Waals surface area (Å²) in [5.41, 5.74) is 0.0688. The van der Waals surface area contributed by atoms with Gasteiger partial charge in [-0.15, -0.1) is 12.4 Å². The summed E-state index contributed by atoms with van der Waals surface area (Å²) in [5, 5.41) is 15.5. The van der Waals surface area contributed by atoms with E-state index in [9.17, 15) is 4.79 Å². The summed E-state index contributed by atoms with van der Waals surface area (Å²) in [4.78, 5) is 11.9. The van der Waals surface area contributed by atoms with Crippen LogP contribution in [0.2, 0.25) is 0 Å². The average molecular weight is 307 g/mol. The Balaban J connectivity index is 0.00000361. The Labute approximate surface area is 129 Å². The molecule has 1 saturated heterocycles. The fourth-order valence-electron chi connectivity index (χ4n) is 2.85. The van der Waals surface area contributed by atoms with Crippen molar-refractivity contribution in [2.24, 2.45) is 11.3 Å². The van der Waals surface area contributed by atoms with Gasteiger partial charge in [-0.3, -0.25) is 4.79 Å². The van der Waals surface area contributed by atoms with Gasteiger partial charge in [0.05, 0.1) is 0 Å². The van der Waals surface area contributed by atoms with Crippen LogP contribution in [0.25, 0.3) is 0 Å². The van der Waals surface area contributed by atoms with Crippen LogP contribution in [0.4, 0.5) is 0 Å². The van der Waals surface area contributed by atoms with Crippen LogP contribution in [0.1, 0.15) is 52.4 Å². The molecule has 1 atom stereocenters. The van der Waals surface area contributed by atoms with Crippen LogP contribution in [0.15, 0.2) is 0 Å². The van der Waals surface area contributed by atoms with Gasteiger partial charge >= 0.3 is 0 Å². The zero-order chi connectivity index (χ0) is 14.1. The van der Waals surface area contributed by atoms with Crippen molar-refractivity contribution < 1.29 is 9.90 Å². The third-order valence-corrected chi connectivity index (χ3v) is 4.74. The maximum Gasteiger partial charge on any atom is 0.220 e. The highest BCUT2D eigenvalue weighted by Gasteiger charge is 2.26. The predicted octanol–water partition coefficient (Wildman–Crippen LogP) is 2.10. The first-order valence-electron chi connectivity index (χ1n) is 7.74. The minimum Gasteiger partial charge on any atom is -0.396 e. The van der Waals surface area contributed by atoms with E-state index < -0.39 is 0 Å². The van der Waals surface area contributed by atoms with Crippen molar-refractivity contribution in [2.45, 2.75) is 52.4 Å². The first kappa shape index (κ1) is 19.7. The molecule has 1 unspecified atom stereocenters. The summed E-state index contributed by atoms with van der Waals surface area (Å²) in [6.07, 6.45) is 5.59. The van der Waals surface area contributed by atoms with E-state index in [1.807, 2.05) is 0 Å². The van der Waals surface area contributed by atoms with E-state index in [1.54, 1.807) is 0 Å². The molecule has 3 N–H and O–H groups in total. The molecular formula is C15H31ClN2O2. The molecule has 0 spiro atoms. The molecule has 1 rings (SSSR count). The first-order chi connectivity index (χ1) is 9.15. The lowest BCUT2D eigenvalue weighted by molar-refractivity contribution is -0.122. The second-order valence-corrected chi connectivity index (χ2v) is 5.85. The van der Waals surface area contributed by atoms with E-state index in [4.69, 9.17) is 5.11 Å². The quantitative estimate of drug-likeness (QED) is 0.611. The summed E-state index contributed by atoms with van der Waals surface area (Å²) in [5.74, 6) is 0.835. The lowest BCUT2D eigenvalue weighted by Crippen LogP contribution is -2.37. The number of rotatable bonds is 9. The first-order valence-corrected chi connectivity index (χ1v) is 7.74. The topological polar surface area (TPSA) is 61.4 Å². The smallest absolute Gasteiger partial charge is 0.220 e. The van der Waals surface area contributed by atoms with Crippen LogP contribution in [0.5, 0.6) is 0 Å². The standard InChI is InChI=1S/C15H30N2O2.ClH/c1-3-15(4-2,8-10-18)12-17-14(19)6-5-13-7-9-16-11-13;/h13,16,18H,3-12H2,1-2H3,(H,17,19);1H. The summed E-state index contributed by atoms with van der Waals surface area (Å²) < 4.78 is 0. The van der Waals surface area contributed by atoms with Crippen molar-refractivity contribution in [3.05, 3.63) is 0 Å². The number of carbonyl (C=O) groups excluding carboxylic acids is 1. The van der Waals surface area contributed by atoms with Gasteiger partial charge in [0, 0.05) is 19.6 Å². The lowest BCUT2D eigenvalue weighted by atomic mass is 9.79. The molecular weight excluding hydrogens is 276 g/mol. The molecule has 1 aliphatic heterocycles. The molecule has 0 aromatic heterocycles. The van der Waals surface area contributed by atoms with Gasteiger partial charge in [0.2, 0.25) is 5.91 Å². The number of aliphatic hydroxyl groups excluding tert-OH is 1. The molecule has 1 aliphatic rings. The molecule has 1 fully saturated rings. The number of hydrogen-bond donors (Lipinski definition) is 3. The molecule has 0 bridgehead atoms. The normalized spacial score (nSPS) is 18.6. The van der Waals surface area contributed by atoms with Crippen LogP contribution in [0, 0.1) is 11.3 Å². The van der Waals surface area contributed by atoms with E-state index in [0.29, 0.717) is 18.9 Å². The SMILES string of the molecule is CCC(CC)(CCO)CNC(=O)CCC1CCNC1.Cl. The lowest BCUT2D eigenvalue weighted by Gasteiger charge is -2.31. The molecule has 4 nitrogen and oxygen atoms in total. The second-order valence-electron chi connectivity index (χ2n) is 5.85. The average Bonchev–Trinajstić information content (AvgIpc) is 2.94. The fraction of sp³-hybridized carbons (Fsp3) is 0.933. The number of halogens is 1. The van der Waals surface area contributed by atoms with Gasteiger partial charge in [0.25, 0.3) is 0 Å². The Kier molecular flexibility index (Phi) is 10.2. The van der Waals surface area contributed by atoms with Gasteiger partial charge in [-0.1, -0.05) is 13.8 Å². The van der Waals surface area contributed by atoms with Crippen molar-refractivity contribution >= 4 is 18.3 Å². The van der Waals surface area contributed by atoms with Crippen molar-refractivity contribution in [3.8, 4) is 0 Å². The maximum atomic E-state index is 11.9. The highest BCUT2D eigenvalue weighted by atomic mass is 35.5. The van der Waals surface area contributed by atoms with Crippen LogP contribution < -0.4 is 10.6 Å². The van der Waals surface area contributed by atoms with Crippen LogP contribution in [-0.4, -0.2) is 37.3 Å². The van der Waals surface area contributed by atoms with E-state index in [1.165, 1.54) is 6.42 Å². The number of carbonyl (C=O) groups is 1. The molecule has 20 heavy (non-hydrogen) atoms. The monoisotopic (exact) mass is 306 g/mol. The third kappa shape index (κ3) is 6.42. The summed E-state index contributed by atoms with van der Waals surface area (Å²) in [6.45, 7) is 7.32. The van der Waals surface area contributed by atoms with Gasteiger partial charge in [-0.25, -0.2) is 0 Å². The number of aliphatic hydroxyl groups is 1. The molecule has 0 aromatic rings. The zero-order valence-electron chi connectivity index (χ0n) is 12.9. The van der Waals surface area contributed by atoms with Crippen LogP contribution in [-0.2, 0) is 4.79 Å². The molecule has 1 amide bonds. The minimum atomic E-state index is 0. The summed E-state index contributed by atoms with van der Waals surface area (Å²) >= 11 is 0. The van der Waals surface area contributed by atoms with E-state index in [2.05, 4.69) is 24.5 Å². The van der Waals surface area contributed by atoms with Crippen LogP contribution >= 0.6 is 12.4 Å². The van der Waals surface area contributed by atoms with Crippen molar-refractivity contribution in [3.63, 3.8) is 0 Å². The minimum absolute atomic E-state index is 0. The highest BCUT2D eigenvalue weighted by Crippen LogP contribution is 2.29. The predicted molar refractivity (Wildman–Crippen MR) is 85.2 cm³/mol. The third-order valence-electron chi connectivity index (χ3n) is 4.74. The van der Waals surface area contributed by atoms with Gasteiger partial charge in [-0.2, -0.15) is 0 Å². The Hall–Kier alpha value is -0.320. The molecule has 0 radical (unpaired) electrons. The zero-order valence-corrected chi connectivity index (χ0v) is 13.7. The molecule has 0 aromatic carbocycles. The molecule has 1 heterocycles. The van der Waals surface area contributed by atoms with Crippen LogP contribution in [0.3, 0.4) is 0 Å². The molecule has 120 valence electrons. The van der Waals surface area contributed by atoms with Gasteiger partial charge in [0.1, 0.15) is 0 Å². The fourth-order valence-corrected chi connectivity index (χ4v) is 2.85. The number of amides is 1. The van der Waals surface area contributed by atoms with E-state index in [0.717, 1.165) is 38.8 Å². The Bertz CT molecular complexity index is 265. The Morgan fingerprint density at radius 2 is 2.10 bits per heavy atom. The van der Waals surface area contributed by atoms with Crippen molar-refractivity contribution in [1.82, 2.24) is 10.6 Å². The number of nitrogens with one attached hydrogen (secondary N) is 2. The maximum absolute atomic E-state index is 11.9.